The molecular formula is C21H24ClNO3. The maximum Gasteiger partial charge on any atom is 0.323 e. The summed E-state index contributed by atoms with van der Waals surface area (Å²) in [6.45, 7) is 4.94. The van der Waals surface area contributed by atoms with Crippen LogP contribution in [0.1, 0.15) is 31.4 Å². The average molecular weight is 374 g/mol. The third kappa shape index (κ3) is 3.87. The van der Waals surface area contributed by atoms with Crippen molar-refractivity contribution in [2.24, 2.45) is 0 Å². The number of hydrogen-bond donors (Lipinski definition) is 1. The van der Waals surface area contributed by atoms with Crippen molar-refractivity contribution < 1.29 is 14.3 Å². The molecular weight excluding hydrogens is 350 g/mol. The van der Waals surface area contributed by atoms with Crippen LogP contribution in [0.15, 0.2) is 48.5 Å². The van der Waals surface area contributed by atoms with Crippen molar-refractivity contribution in [1.29, 1.82) is 0 Å². The summed E-state index contributed by atoms with van der Waals surface area (Å²) in [5.74, 6) is 0.374. The molecule has 0 aliphatic carbocycles. The van der Waals surface area contributed by atoms with Crippen LogP contribution in [0.2, 0.25) is 5.02 Å². The van der Waals surface area contributed by atoms with Gasteiger partial charge in [-0.05, 0) is 23.3 Å². The summed E-state index contributed by atoms with van der Waals surface area (Å²) in [6.07, 6.45) is 0.463. The van der Waals surface area contributed by atoms with E-state index in [1.54, 1.807) is 0 Å². The van der Waals surface area contributed by atoms with E-state index in [1.807, 2.05) is 36.4 Å². The Morgan fingerprint density at radius 1 is 1.15 bits per heavy atom. The van der Waals surface area contributed by atoms with Gasteiger partial charge in [-0.1, -0.05) is 61.8 Å². The molecule has 0 bridgehead atoms. The predicted molar refractivity (Wildman–Crippen MR) is 103 cm³/mol. The van der Waals surface area contributed by atoms with Crippen molar-refractivity contribution in [1.82, 2.24) is 5.32 Å². The largest absolute Gasteiger partial charge is 0.487 e. The van der Waals surface area contributed by atoms with Crippen LogP contribution in [0.4, 0.5) is 0 Å². The zero-order valence-corrected chi connectivity index (χ0v) is 16.0. The lowest BCUT2D eigenvalue weighted by Gasteiger charge is -2.27. The number of rotatable bonds is 5. The molecule has 0 aromatic heterocycles. The molecule has 0 spiro atoms. The van der Waals surface area contributed by atoms with E-state index >= 15 is 0 Å². The van der Waals surface area contributed by atoms with Crippen LogP contribution in [0.3, 0.4) is 0 Å². The van der Waals surface area contributed by atoms with Gasteiger partial charge in [0.15, 0.2) is 0 Å². The zero-order valence-electron chi connectivity index (χ0n) is 15.3. The van der Waals surface area contributed by atoms with Gasteiger partial charge in [0.05, 0.1) is 12.1 Å². The third-order valence-corrected chi connectivity index (χ3v) is 5.31. The molecule has 1 N–H and O–H groups in total. The summed E-state index contributed by atoms with van der Waals surface area (Å²) in [6, 6.07) is 15.9. The van der Waals surface area contributed by atoms with Gasteiger partial charge in [-0.2, -0.15) is 0 Å². The van der Waals surface area contributed by atoms with Crippen LogP contribution in [-0.2, 0) is 14.9 Å². The summed E-state index contributed by atoms with van der Waals surface area (Å²) in [5, 5.41) is 3.69. The molecule has 4 nitrogen and oxygen atoms in total. The Balaban J connectivity index is 1.73. The van der Waals surface area contributed by atoms with Gasteiger partial charge in [0.1, 0.15) is 17.9 Å². The van der Waals surface area contributed by atoms with Crippen molar-refractivity contribution in [2.75, 3.05) is 13.7 Å². The minimum Gasteiger partial charge on any atom is -0.487 e. The smallest absolute Gasteiger partial charge is 0.323 e. The topological polar surface area (TPSA) is 47.6 Å². The second kappa shape index (κ2) is 7.68. The molecule has 2 aromatic carbocycles. The summed E-state index contributed by atoms with van der Waals surface area (Å²) in [5.41, 5.74) is 2.19. The number of carbonyl (C=O) groups is 1. The van der Waals surface area contributed by atoms with E-state index in [0.29, 0.717) is 23.7 Å². The fourth-order valence-electron chi connectivity index (χ4n) is 3.30. The maximum absolute atomic E-state index is 11.6. The number of hydrogen-bond acceptors (Lipinski definition) is 4. The predicted octanol–water partition coefficient (Wildman–Crippen LogP) is 3.95. The van der Waals surface area contributed by atoms with Crippen LogP contribution in [0, 0.1) is 0 Å². The first-order valence-electron chi connectivity index (χ1n) is 8.75. The molecule has 1 heterocycles. The minimum atomic E-state index is -0.319. The fourth-order valence-corrected chi connectivity index (χ4v) is 3.53. The Kier molecular flexibility index (Phi) is 5.54. The number of benzene rings is 2. The molecule has 1 aliphatic heterocycles. The molecule has 1 fully saturated rings. The Morgan fingerprint density at radius 3 is 2.54 bits per heavy atom. The van der Waals surface area contributed by atoms with Crippen molar-refractivity contribution >= 4 is 17.6 Å². The Morgan fingerprint density at radius 2 is 1.88 bits per heavy atom. The van der Waals surface area contributed by atoms with Crippen LogP contribution in [0.25, 0.3) is 0 Å². The van der Waals surface area contributed by atoms with Crippen LogP contribution >= 0.6 is 11.6 Å². The summed E-state index contributed by atoms with van der Waals surface area (Å²) < 4.78 is 10.8. The molecule has 26 heavy (non-hydrogen) atoms. The quantitative estimate of drug-likeness (QED) is 0.806. The first kappa shape index (κ1) is 18.7. The molecule has 0 radical (unpaired) electrons. The highest BCUT2D eigenvalue weighted by molar-refractivity contribution is 6.32. The molecule has 1 aliphatic rings. The highest BCUT2D eigenvalue weighted by Crippen LogP contribution is 2.36. The van der Waals surface area contributed by atoms with E-state index in [9.17, 15) is 4.79 Å². The van der Waals surface area contributed by atoms with Gasteiger partial charge < -0.3 is 14.8 Å². The van der Waals surface area contributed by atoms with E-state index in [4.69, 9.17) is 21.1 Å². The molecule has 138 valence electrons. The summed E-state index contributed by atoms with van der Waals surface area (Å²) >= 11 is 6.49. The van der Waals surface area contributed by atoms with E-state index < -0.39 is 0 Å². The molecule has 0 amide bonds. The Hall–Kier alpha value is -2.04. The fraction of sp³-hybridized carbons (Fsp3) is 0.381. The first-order valence-corrected chi connectivity index (χ1v) is 9.13. The van der Waals surface area contributed by atoms with Crippen molar-refractivity contribution in [2.45, 2.75) is 37.8 Å². The lowest BCUT2D eigenvalue weighted by atomic mass is 9.78. The molecule has 3 rings (SSSR count). The molecule has 5 heteroatoms. The highest BCUT2D eigenvalue weighted by atomic mass is 35.5. The van der Waals surface area contributed by atoms with Gasteiger partial charge in [0.2, 0.25) is 0 Å². The molecule has 2 unspecified atom stereocenters. The summed E-state index contributed by atoms with van der Waals surface area (Å²) in [7, 11) is 1.39. The monoisotopic (exact) mass is 373 g/mol. The van der Waals surface area contributed by atoms with Gasteiger partial charge in [0, 0.05) is 18.4 Å². The lowest BCUT2D eigenvalue weighted by Crippen LogP contribution is -2.31. The molecule has 0 saturated carbocycles. The van der Waals surface area contributed by atoms with Crippen LogP contribution in [-0.4, -0.2) is 31.8 Å². The number of esters is 1. The number of ether oxygens (including phenoxy) is 2. The second-order valence-corrected chi connectivity index (χ2v) is 7.50. The van der Waals surface area contributed by atoms with E-state index in [0.717, 1.165) is 5.56 Å². The molecule has 2 atom stereocenters. The van der Waals surface area contributed by atoms with E-state index in [1.165, 1.54) is 12.7 Å². The van der Waals surface area contributed by atoms with Crippen LogP contribution < -0.4 is 10.1 Å². The standard InChI is InChI=1S/C21H24ClNO3/c1-21(2,14-7-5-4-6-8-14)15-9-10-19(17(22)11-15)26-16-12-18(23-13-16)20(24)25-3/h4-11,16,18,23H,12-13H2,1-3H3. The Bertz CT molecular complexity index is 776. The highest BCUT2D eigenvalue weighted by Gasteiger charge is 2.32. The molecule has 2 aromatic rings. The van der Waals surface area contributed by atoms with E-state index in [-0.39, 0.29) is 23.5 Å². The van der Waals surface area contributed by atoms with Gasteiger partial charge in [-0.3, -0.25) is 4.79 Å². The van der Waals surface area contributed by atoms with Crippen molar-refractivity contribution in [3.8, 4) is 5.75 Å². The van der Waals surface area contributed by atoms with E-state index in [2.05, 4.69) is 31.3 Å². The zero-order chi connectivity index (χ0) is 18.7. The van der Waals surface area contributed by atoms with Gasteiger partial charge in [-0.25, -0.2) is 0 Å². The SMILES string of the molecule is COC(=O)C1CC(Oc2ccc(C(C)(C)c3ccccc3)cc2Cl)CN1. The minimum absolute atomic E-state index is 0.107. The second-order valence-electron chi connectivity index (χ2n) is 7.10. The van der Waals surface area contributed by atoms with Crippen molar-refractivity contribution in [3.05, 3.63) is 64.7 Å². The van der Waals surface area contributed by atoms with Gasteiger partial charge >= 0.3 is 5.97 Å². The van der Waals surface area contributed by atoms with Gasteiger partial charge in [0.25, 0.3) is 0 Å². The third-order valence-electron chi connectivity index (χ3n) is 5.02. The lowest BCUT2D eigenvalue weighted by molar-refractivity contribution is -0.142. The Labute approximate surface area is 159 Å². The van der Waals surface area contributed by atoms with Crippen molar-refractivity contribution in [3.63, 3.8) is 0 Å². The maximum atomic E-state index is 11.6. The number of nitrogens with one attached hydrogen (secondary N) is 1. The van der Waals surface area contributed by atoms with Crippen LogP contribution in [0.5, 0.6) is 5.75 Å². The van der Waals surface area contributed by atoms with Gasteiger partial charge in [-0.15, -0.1) is 0 Å². The number of methoxy groups -OCH3 is 1. The first-order chi connectivity index (χ1) is 12.4. The number of carbonyl (C=O) groups excluding carboxylic acids is 1. The number of halogens is 1. The summed E-state index contributed by atoms with van der Waals surface area (Å²) in [4.78, 5) is 11.6. The molecule has 1 saturated heterocycles. The average Bonchev–Trinajstić information content (AvgIpc) is 3.12. The normalized spacial score (nSPS) is 20.0.